The van der Waals surface area contributed by atoms with Crippen LogP contribution in [-0.2, 0) is 6.54 Å². The van der Waals surface area contributed by atoms with Crippen molar-refractivity contribution in [1.82, 2.24) is 15.2 Å². The fraction of sp³-hybridized carbons (Fsp3) is 0.100. The second-order valence-corrected chi connectivity index (χ2v) is 3.18. The predicted molar refractivity (Wildman–Crippen MR) is 59.3 cm³/mol. The number of nitrogens with zero attached hydrogens (tertiary/aromatic N) is 3. The average molecular weight is 214 g/mol. The first-order valence-corrected chi connectivity index (χ1v) is 4.68. The van der Waals surface area contributed by atoms with Crippen molar-refractivity contribution in [3.63, 3.8) is 0 Å². The number of nitrogens with one attached hydrogen (secondary N) is 2. The maximum Gasteiger partial charge on any atom is 0.142 e. The fourth-order valence-electron chi connectivity index (χ4n) is 1.24. The molecule has 6 nitrogen and oxygen atoms in total. The lowest BCUT2D eigenvalue weighted by molar-refractivity contribution is 1.10. The summed E-state index contributed by atoms with van der Waals surface area (Å²) in [6.07, 6.45) is 1.65. The van der Waals surface area contributed by atoms with Gasteiger partial charge in [-0.25, -0.2) is 4.98 Å². The van der Waals surface area contributed by atoms with Crippen molar-refractivity contribution in [3.8, 4) is 6.07 Å². The van der Waals surface area contributed by atoms with Crippen molar-refractivity contribution in [2.24, 2.45) is 0 Å². The largest absolute Gasteiger partial charge is 0.384 e. The summed E-state index contributed by atoms with van der Waals surface area (Å²) in [5.74, 6) is 1.17. The van der Waals surface area contributed by atoms with Gasteiger partial charge in [0.2, 0.25) is 0 Å². The van der Waals surface area contributed by atoms with Crippen LogP contribution in [0, 0.1) is 11.3 Å². The van der Waals surface area contributed by atoms with E-state index in [0.29, 0.717) is 23.9 Å². The molecule has 0 radical (unpaired) electrons. The summed E-state index contributed by atoms with van der Waals surface area (Å²) in [6, 6.07) is 7.19. The third-order valence-corrected chi connectivity index (χ3v) is 2.07. The summed E-state index contributed by atoms with van der Waals surface area (Å²) >= 11 is 0. The number of nitriles is 1. The van der Waals surface area contributed by atoms with Gasteiger partial charge in [0.05, 0.1) is 6.20 Å². The number of nitrogen functional groups attached to an aromatic ring is 1. The minimum absolute atomic E-state index is 0.380. The van der Waals surface area contributed by atoms with Crippen LogP contribution in [0.25, 0.3) is 0 Å². The van der Waals surface area contributed by atoms with Crippen molar-refractivity contribution >= 4 is 11.6 Å². The summed E-state index contributed by atoms with van der Waals surface area (Å²) in [7, 11) is 0. The Morgan fingerprint density at radius 1 is 1.50 bits per heavy atom. The molecule has 0 fully saturated rings. The van der Waals surface area contributed by atoms with Crippen molar-refractivity contribution in [3.05, 3.63) is 35.7 Å². The molecule has 4 N–H and O–H groups in total. The highest BCUT2D eigenvalue weighted by atomic mass is 15.1. The first-order chi connectivity index (χ1) is 7.79. The summed E-state index contributed by atoms with van der Waals surface area (Å²) in [6.45, 7) is 0.518. The Bertz CT molecular complexity index is 524. The van der Waals surface area contributed by atoms with E-state index in [1.807, 2.05) is 6.07 Å². The molecule has 0 aliphatic carbocycles. The first kappa shape index (κ1) is 9.98. The zero-order valence-corrected chi connectivity index (χ0v) is 8.44. The predicted octanol–water partition coefficient (Wildman–Crippen LogP) is 0.871. The van der Waals surface area contributed by atoms with Gasteiger partial charge in [-0.1, -0.05) is 6.07 Å². The van der Waals surface area contributed by atoms with Gasteiger partial charge in [0.25, 0.3) is 0 Å². The van der Waals surface area contributed by atoms with E-state index in [4.69, 9.17) is 11.0 Å². The van der Waals surface area contributed by atoms with Crippen molar-refractivity contribution in [2.45, 2.75) is 6.54 Å². The highest BCUT2D eigenvalue weighted by Crippen LogP contribution is 2.10. The van der Waals surface area contributed by atoms with Gasteiger partial charge in [0.1, 0.15) is 23.4 Å². The number of nitrogens with two attached hydrogens (primary N) is 1. The van der Waals surface area contributed by atoms with Gasteiger partial charge in [-0.15, -0.1) is 0 Å². The van der Waals surface area contributed by atoms with Gasteiger partial charge >= 0.3 is 0 Å². The molecule has 2 aromatic rings. The molecule has 0 aliphatic rings. The summed E-state index contributed by atoms with van der Waals surface area (Å²) < 4.78 is 0. The van der Waals surface area contributed by atoms with Crippen LogP contribution in [0.15, 0.2) is 24.4 Å². The number of rotatable bonds is 3. The highest BCUT2D eigenvalue weighted by Gasteiger charge is 2.01. The lowest BCUT2D eigenvalue weighted by atomic mass is 10.3. The van der Waals surface area contributed by atoms with Crippen LogP contribution in [0.2, 0.25) is 0 Å². The molecule has 2 aromatic heterocycles. The van der Waals surface area contributed by atoms with E-state index in [-0.39, 0.29) is 0 Å². The van der Waals surface area contributed by atoms with E-state index in [0.717, 1.165) is 5.56 Å². The summed E-state index contributed by atoms with van der Waals surface area (Å²) in [5.41, 5.74) is 6.87. The zero-order chi connectivity index (χ0) is 11.4. The monoisotopic (exact) mass is 214 g/mol. The molecule has 80 valence electrons. The third-order valence-electron chi connectivity index (χ3n) is 2.07. The van der Waals surface area contributed by atoms with E-state index in [1.54, 1.807) is 24.4 Å². The van der Waals surface area contributed by atoms with Crippen LogP contribution in [0.1, 0.15) is 11.3 Å². The Kier molecular flexibility index (Phi) is 2.69. The van der Waals surface area contributed by atoms with Gasteiger partial charge in [-0.2, -0.15) is 10.4 Å². The molecule has 0 aromatic carbocycles. The molecule has 16 heavy (non-hydrogen) atoms. The molecule has 0 spiro atoms. The molecule has 0 amide bonds. The third kappa shape index (κ3) is 2.09. The molecule has 6 heteroatoms. The minimum Gasteiger partial charge on any atom is -0.384 e. The Balaban J connectivity index is 2.05. The van der Waals surface area contributed by atoms with Crippen LogP contribution in [0.5, 0.6) is 0 Å². The quantitative estimate of drug-likeness (QED) is 0.703. The molecule has 0 saturated carbocycles. The Hall–Kier alpha value is -2.55. The summed E-state index contributed by atoms with van der Waals surface area (Å²) in [4.78, 5) is 4.08. The number of aromatic nitrogens is 3. The molecule has 0 aliphatic heterocycles. The maximum absolute atomic E-state index is 8.68. The molecule has 0 saturated heterocycles. The molecular weight excluding hydrogens is 204 g/mol. The molecule has 0 atom stereocenters. The second-order valence-electron chi connectivity index (χ2n) is 3.18. The second kappa shape index (κ2) is 4.31. The zero-order valence-electron chi connectivity index (χ0n) is 8.44. The van der Waals surface area contributed by atoms with Gasteiger partial charge in [0, 0.05) is 12.1 Å². The Morgan fingerprint density at radius 2 is 2.38 bits per heavy atom. The number of aromatic amines is 1. The van der Waals surface area contributed by atoms with E-state index >= 15 is 0 Å². The summed E-state index contributed by atoms with van der Waals surface area (Å²) in [5, 5.41) is 18.2. The van der Waals surface area contributed by atoms with Crippen LogP contribution >= 0.6 is 0 Å². The topological polar surface area (TPSA) is 103 Å². The lowest BCUT2D eigenvalue weighted by Crippen LogP contribution is -2.03. The van der Waals surface area contributed by atoms with Crippen LogP contribution in [-0.4, -0.2) is 15.2 Å². The molecular formula is C10H10N6. The van der Waals surface area contributed by atoms with E-state index in [9.17, 15) is 0 Å². The number of pyridine rings is 1. The highest BCUT2D eigenvalue weighted by molar-refractivity contribution is 5.43. The number of anilines is 2. The smallest absolute Gasteiger partial charge is 0.142 e. The van der Waals surface area contributed by atoms with Crippen LogP contribution in [0.3, 0.4) is 0 Å². The van der Waals surface area contributed by atoms with E-state index < -0.39 is 0 Å². The number of H-pyrrole nitrogens is 1. The minimum atomic E-state index is 0.380. The number of hydrogen-bond acceptors (Lipinski definition) is 5. The van der Waals surface area contributed by atoms with E-state index in [2.05, 4.69) is 20.5 Å². The van der Waals surface area contributed by atoms with Crippen molar-refractivity contribution in [2.75, 3.05) is 11.1 Å². The molecule has 2 rings (SSSR count). The maximum atomic E-state index is 8.68. The Morgan fingerprint density at radius 3 is 3.06 bits per heavy atom. The molecule has 0 unspecified atom stereocenters. The lowest BCUT2D eigenvalue weighted by Gasteiger charge is -2.04. The average Bonchev–Trinajstić information content (AvgIpc) is 2.72. The number of hydrogen-bond donors (Lipinski definition) is 3. The van der Waals surface area contributed by atoms with Crippen molar-refractivity contribution in [1.29, 1.82) is 5.26 Å². The first-order valence-electron chi connectivity index (χ1n) is 4.68. The Labute approximate surface area is 92.1 Å². The standard InChI is InChI=1S/C10H10N6/c11-4-8-2-1-3-9(15-8)13-5-7-6-14-16-10(7)12/h1-3,6H,5H2,(H,13,15)(H3,12,14,16). The molecule has 2 heterocycles. The van der Waals surface area contributed by atoms with E-state index in [1.165, 1.54) is 0 Å². The fourth-order valence-corrected chi connectivity index (χ4v) is 1.24. The van der Waals surface area contributed by atoms with Gasteiger partial charge in [0.15, 0.2) is 0 Å². The van der Waals surface area contributed by atoms with Gasteiger partial charge < -0.3 is 11.1 Å². The van der Waals surface area contributed by atoms with Crippen LogP contribution < -0.4 is 11.1 Å². The van der Waals surface area contributed by atoms with Crippen molar-refractivity contribution < 1.29 is 0 Å². The molecule has 0 bridgehead atoms. The van der Waals surface area contributed by atoms with Crippen LogP contribution in [0.4, 0.5) is 11.6 Å². The van der Waals surface area contributed by atoms with Gasteiger partial charge in [-0.05, 0) is 12.1 Å². The normalized spacial score (nSPS) is 9.69. The SMILES string of the molecule is N#Cc1cccc(NCc2cn[nH]c2N)n1. The van der Waals surface area contributed by atoms with Gasteiger partial charge in [-0.3, -0.25) is 5.10 Å².